The van der Waals surface area contributed by atoms with Crippen LogP contribution in [-0.2, 0) is 43.4 Å². The van der Waals surface area contributed by atoms with Gasteiger partial charge >= 0.3 is 0 Å². The number of nitrogens with two attached hydrogens (primary N) is 1. The van der Waals surface area contributed by atoms with Gasteiger partial charge in [0.2, 0.25) is 5.91 Å². The van der Waals surface area contributed by atoms with E-state index in [0.717, 1.165) is 5.56 Å². The molecule has 0 radical (unpaired) electrons. The predicted molar refractivity (Wildman–Crippen MR) is 131 cm³/mol. The number of primary amides is 1. The molecule has 4 N–H and O–H groups in total. The zero-order valence-electron chi connectivity index (χ0n) is 21.7. The zero-order chi connectivity index (χ0) is 27.6. The van der Waals surface area contributed by atoms with E-state index >= 15 is 0 Å². The Morgan fingerprint density at radius 3 is 2.38 bits per heavy atom. The quantitative estimate of drug-likeness (QED) is 0.450. The highest BCUT2D eigenvalue weighted by atomic mass is 16.5. The second-order valence-electron chi connectivity index (χ2n) is 11.2. The smallest absolute Gasteiger partial charge is 0.235 e. The lowest BCUT2D eigenvalue weighted by atomic mass is 9.52. The van der Waals surface area contributed by atoms with Crippen molar-refractivity contribution in [2.24, 2.45) is 35.3 Å². The maximum absolute atomic E-state index is 13.9. The van der Waals surface area contributed by atoms with Crippen molar-refractivity contribution in [3.8, 4) is 5.75 Å². The van der Waals surface area contributed by atoms with Gasteiger partial charge in [-0.25, -0.2) is 0 Å². The molecule has 3 aliphatic carbocycles. The second-order valence-corrected chi connectivity index (χ2v) is 11.2. The SMILES string of the molecule is COCc1cc(CC(C)C)c(O)c2c1C[C@H]1C[C@H]3[C@H](N(C)C)C(=O)C(C(N)=O)C(=O)[C@@]3(O)C(=O)C1C2=O. The summed E-state index contributed by atoms with van der Waals surface area (Å²) in [5.41, 5.74) is 4.47. The largest absolute Gasteiger partial charge is 0.507 e. The van der Waals surface area contributed by atoms with Crippen LogP contribution >= 0.6 is 0 Å². The van der Waals surface area contributed by atoms with Crippen molar-refractivity contribution in [3.63, 3.8) is 0 Å². The number of phenols is 1. The fraction of sp³-hybridized carbons (Fsp3) is 0.593. The van der Waals surface area contributed by atoms with E-state index in [1.807, 2.05) is 19.9 Å². The zero-order valence-corrected chi connectivity index (χ0v) is 21.7. The number of aliphatic hydroxyl groups is 1. The number of carbonyl (C=O) groups excluding carboxylic acids is 5. The third-order valence-corrected chi connectivity index (χ3v) is 8.16. The molecule has 37 heavy (non-hydrogen) atoms. The fourth-order valence-corrected chi connectivity index (χ4v) is 6.69. The Balaban J connectivity index is 1.88. The van der Waals surface area contributed by atoms with Crippen LogP contribution in [0.15, 0.2) is 6.07 Å². The number of likely N-dealkylation sites (N-methyl/N-ethyl adjacent to an activating group) is 1. The Morgan fingerprint density at radius 2 is 1.84 bits per heavy atom. The molecule has 0 heterocycles. The highest BCUT2D eigenvalue weighted by Crippen LogP contribution is 2.51. The summed E-state index contributed by atoms with van der Waals surface area (Å²) in [7, 11) is 4.63. The molecule has 1 amide bonds. The maximum Gasteiger partial charge on any atom is 0.235 e. The number of hydrogen-bond acceptors (Lipinski definition) is 9. The summed E-state index contributed by atoms with van der Waals surface area (Å²) in [6, 6.07) is 0.696. The lowest BCUT2D eigenvalue weighted by Gasteiger charge is -2.52. The monoisotopic (exact) mass is 514 g/mol. The minimum atomic E-state index is -2.72. The molecule has 1 aromatic carbocycles. The van der Waals surface area contributed by atoms with Crippen LogP contribution in [0, 0.1) is 29.6 Å². The standard InChI is InChI=1S/C27H34N2O8/c1-11(2)6-13-7-14(10-37-5)15-8-12-9-16-20(29(3)4)23(32)19(26(28)35)25(34)27(16,36)24(33)17(12)22(31)18(15)21(13)30/h7,11-12,16-17,19-20,30,36H,6,8-10H2,1-5H3,(H2,28,35)/t12-,16-,17?,19?,20-,27-/m0/s1. The summed E-state index contributed by atoms with van der Waals surface area (Å²) in [5.74, 6) is -10.2. The lowest BCUT2D eigenvalue weighted by Crippen LogP contribution is -2.74. The van der Waals surface area contributed by atoms with E-state index in [1.54, 1.807) is 14.1 Å². The number of hydrogen-bond donors (Lipinski definition) is 3. The first-order valence-corrected chi connectivity index (χ1v) is 12.5. The summed E-state index contributed by atoms with van der Waals surface area (Å²) < 4.78 is 5.36. The Morgan fingerprint density at radius 1 is 1.19 bits per heavy atom. The molecule has 0 bridgehead atoms. The first kappa shape index (κ1) is 27.1. The molecular formula is C27H34N2O8. The lowest BCUT2D eigenvalue weighted by molar-refractivity contribution is -0.181. The van der Waals surface area contributed by atoms with Crippen LogP contribution in [0.3, 0.4) is 0 Å². The van der Waals surface area contributed by atoms with Gasteiger partial charge in [0, 0.05) is 13.0 Å². The number of ether oxygens (including phenoxy) is 1. The van der Waals surface area contributed by atoms with Gasteiger partial charge in [-0.15, -0.1) is 0 Å². The van der Waals surface area contributed by atoms with Gasteiger partial charge in [0.1, 0.15) is 5.75 Å². The van der Waals surface area contributed by atoms with Crippen molar-refractivity contribution < 1.29 is 38.9 Å². The number of phenolic OH excluding ortho intramolecular Hbond substituents is 1. The minimum Gasteiger partial charge on any atom is -0.507 e. The van der Waals surface area contributed by atoms with E-state index in [4.69, 9.17) is 10.5 Å². The van der Waals surface area contributed by atoms with Gasteiger partial charge in [-0.2, -0.15) is 0 Å². The normalized spacial score (nSPS) is 31.4. The number of ketones is 4. The van der Waals surface area contributed by atoms with E-state index in [0.29, 0.717) is 17.5 Å². The van der Waals surface area contributed by atoms with Crippen LogP contribution in [0.2, 0.25) is 0 Å². The van der Waals surface area contributed by atoms with Crippen molar-refractivity contribution >= 4 is 29.0 Å². The van der Waals surface area contributed by atoms with E-state index < -0.39 is 64.4 Å². The maximum atomic E-state index is 13.9. The first-order chi connectivity index (χ1) is 17.3. The van der Waals surface area contributed by atoms with Gasteiger partial charge in [-0.3, -0.25) is 28.9 Å². The number of nitrogens with zero attached hydrogens (tertiary/aromatic N) is 1. The summed E-state index contributed by atoms with van der Waals surface area (Å²) in [5, 5.41) is 22.8. The number of carbonyl (C=O) groups is 5. The third kappa shape index (κ3) is 3.93. The number of benzene rings is 1. The highest BCUT2D eigenvalue weighted by Gasteiger charge is 2.69. The molecule has 200 valence electrons. The molecule has 3 aliphatic rings. The van der Waals surface area contributed by atoms with Crippen molar-refractivity contribution in [2.45, 2.75) is 51.4 Å². The number of fused-ring (bicyclic) bond motifs is 3. The van der Waals surface area contributed by atoms with Crippen LogP contribution in [-0.4, -0.2) is 77.0 Å². The number of rotatable bonds is 6. The second kappa shape index (κ2) is 9.41. The van der Waals surface area contributed by atoms with E-state index in [-0.39, 0.29) is 36.7 Å². The molecule has 4 rings (SSSR count). The van der Waals surface area contributed by atoms with E-state index in [9.17, 15) is 34.2 Å². The number of methoxy groups -OCH3 is 1. The van der Waals surface area contributed by atoms with Gasteiger partial charge in [-0.05, 0) is 68.0 Å². The predicted octanol–water partition coefficient (Wildman–Crippen LogP) is 0.212. The molecule has 2 saturated carbocycles. The number of Topliss-reactive ketones (excluding diaryl/α,β-unsaturated/α-hetero) is 4. The summed E-state index contributed by atoms with van der Waals surface area (Å²) >= 11 is 0. The molecule has 1 aromatic rings. The van der Waals surface area contributed by atoms with Crippen LogP contribution in [0.1, 0.15) is 47.3 Å². The average Bonchev–Trinajstić information content (AvgIpc) is 2.78. The summed E-state index contributed by atoms with van der Waals surface area (Å²) in [6.07, 6.45) is 0.730. The third-order valence-electron chi connectivity index (χ3n) is 8.16. The number of aromatic hydroxyl groups is 1. The first-order valence-electron chi connectivity index (χ1n) is 12.5. The summed E-state index contributed by atoms with van der Waals surface area (Å²) in [4.78, 5) is 67.8. The van der Waals surface area contributed by atoms with Gasteiger partial charge in [0.25, 0.3) is 0 Å². The van der Waals surface area contributed by atoms with Crippen molar-refractivity contribution in [2.75, 3.05) is 21.2 Å². The molecule has 0 aliphatic heterocycles. The molecule has 0 saturated heterocycles. The number of amides is 1. The molecule has 10 nitrogen and oxygen atoms in total. The minimum absolute atomic E-state index is 0.0109. The summed E-state index contributed by atoms with van der Waals surface area (Å²) in [6.45, 7) is 4.13. The Kier molecular flexibility index (Phi) is 6.89. The Labute approximate surface area is 215 Å². The van der Waals surface area contributed by atoms with Crippen LogP contribution in [0.4, 0.5) is 0 Å². The van der Waals surface area contributed by atoms with Crippen molar-refractivity contribution in [3.05, 3.63) is 28.3 Å². The van der Waals surface area contributed by atoms with Crippen LogP contribution in [0.5, 0.6) is 5.75 Å². The van der Waals surface area contributed by atoms with Crippen molar-refractivity contribution in [1.82, 2.24) is 4.90 Å². The molecule has 2 unspecified atom stereocenters. The highest BCUT2D eigenvalue weighted by molar-refractivity contribution is 6.32. The molecule has 2 fully saturated rings. The van der Waals surface area contributed by atoms with E-state index in [1.165, 1.54) is 12.0 Å². The van der Waals surface area contributed by atoms with Gasteiger partial charge in [0.15, 0.2) is 34.7 Å². The molecule has 6 atom stereocenters. The molecule has 10 heteroatoms. The van der Waals surface area contributed by atoms with E-state index in [2.05, 4.69) is 0 Å². The van der Waals surface area contributed by atoms with Gasteiger partial charge < -0.3 is 20.7 Å². The van der Waals surface area contributed by atoms with Crippen LogP contribution < -0.4 is 5.73 Å². The van der Waals surface area contributed by atoms with Crippen molar-refractivity contribution in [1.29, 1.82) is 0 Å². The average molecular weight is 515 g/mol. The molecular weight excluding hydrogens is 480 g/mol. The van der Waals surface area contributed by atoms with Gasteiger partial charge in [0.05, 0.1) is 24.1 Å². The topological polar surface area (TPSA) is 164 Å². The fourth-order valence-electron chi connectivity index (χ4n) is 6.69. The molecule has 0 aromatic heterocycles. The van der Waals surface area contributed by atoms with Gasteiger partial charge in [-0.1, -0.05) is 13.8 Å². The van der Waals surface area contributed by atoms with Crippen LogP contribution in [0.25, 0.3) is 0 Å². The molecule has 0 spiro atoms. The Bertz CT molecular complexity index is 1210. The Hall–Kier alpha value is -2.95.